The van der Waals surface area contributed by atoms with Gasteiger partial charge in [-0.1, -0.05) is 19.3 Å². The highest BCUT2D eigenvalue weighted by Crippen LogP contribution is 2.35. The number of aromatic nitrogens is 2. The summed E-state index contributed by atoms with van der Waals surface area (Å²) in [6.07, 6.45) is 10.2. The second-order valence-electron chi connectivity index (χ2n) is 5.57. The molecule has 1 N–H and O–H groups in total. The molecule has 21 heavy (non-hydrogen) atoms. The number of nitrogens with one attached hydrogen (secondary N) is 1. The molecular weight excluding hydrogens is 284 g/mol. The van der Waals surface area contributed by atoms with Crippen LogP contribution in [0.1, 0.15) is 49.3 Å². The maximum absolute atomic E-state index is 11.9. The van der Waals surface area contributed by atoms with Gasteiger partial charge in [-0.15, -0.1) is 0 Å². The lowest BCUT2D eigenvalue weighted by molar-refractivity contribution is -0.115. The van der Waals surface area contributed by atoms with Gasteiger partial charge in [0.1, 0.15) is 0 Å². The second kappa shape index (κ2) is 6.05. The molecule has 0 radical (unpaired) electrons. The lowest BCUT2D eigenvalue weighted by Gasteiger charge is -2.20. The van der Waals surface area contributed by atoms with E-state index in [4.69, 9.17) is 0 Å². The quantitative estimate of drug-likeness (QED) is 0.855. The van der Waals surface area contributed by atoms with Crippen LogP contribution in [0.15, 0.2) is 16.1 Å². The van der Waals surface area contributed by atoms with Crippen LogP contribution in [0.5, 0.6) is 0 Å². The highest BCUT2D eigenvalue weighted by atomic mass is 32.2. The monoisotopic (exact) mass is 304 g/mol. The number of carbonyl (C=O) groups excluding carboxylic acids is 1. The maximum Gasteiger partial charge on any atom is 0.264 e. The Bertz CT molecular complexity index is 611. The van der Waals surface area contributed by atoms with E-state index in [0.717, 1.165) is 11.3 Å². The minimum atomic E-state index is -0.0703. The summed E-state index contributed by atoms with van der Waals surface area (Å²) in [6.45, 7) is 0. The number of hydrogen-bond donors (Lipinski definition) is 1. The van der Waals surface area contributed by atoms with Crippen molar-refractivity contribution in [2.75, 3.05) is 7.05 Å². The van der Waals surface area contributed by atoms with Gasteiger partial charge >= 0.3 is 0 Å². The van der Waals surface area contributed by atoms with Crippen LogP contribution in [-0.4, -0.2) is 27.9 Å². The molecule has 0 atom stereocenters. The largest absolute Gasteiger partial charge is 0.301 e. The molecule has 5 nitrogen and oxygen atoms in total. The summed E-state index contributed by atoms with van der Waals surface area (Å²) in [6, 6.07) is 0. The summed E-state index contributed by atoms with van der Waals surface area (Å²) in [5.74, 6) is 0.458. The van der Waals surface area contributed by atoms with Gasteiger partial charge in [0.15, 0.2) is 5.17 Å². The molecule has 0 spiro atoms. The molecule has 1 aromatic rings. The van der Waals surface area contributed by atoms with E-state index in [1.165, 1.54) is 43.9 Å². The van der Waals surface area contributed by atoms with Gasteiger partial charge in [0.25, 0.3) is 5.91 Å². The molecule has 0 unspecified atom stereocenters. The highest BCUT2D eigenvalue weighted by molar-refractivity contribution is 8.18. The Morgan fingerprint density at radius 2 is 2.19 bits per heavy atom. The number of carbonyl (C=O) groups is 1. The molecule has 0 bridgehead atoms. The average molecular weight is 304 g/mol. The zero-order valence-electron chi connectivity index (χ0n) is 12.4. The third-order valence-electron chi connectivity index (χ3n) is 4.02. The summed E-state index contributed by atoms with van der Waals surface area (Å²) >= 11 is 1.39. The van der Waals surface area contributed by atoms with Crippen molar-refractivity contribution >= 4 is 28.9 Å². The van der Waals surface area contributed by atoms with Crippen LogP contribution >= 0.6 is 11.8 Å². The van der Waals surface area contributed by atoms with Crippen LogP contribution in [0.4, 0.5) is 0 Å². The lowest BCUT2D eigenvalue weighted by Crippen LogP contribution is -2.19. The van der Waals surface area contributed by atoms with Crippen molar-refractivity contribution in [1.29, 1.82) is 0 Å². The van der Waals surface area contributed by atoms with Crippen LogP contribution in [0.3, 0.4) is 0 Å². The third kappa shape index (κ3) is 3.05. The van der Waals surface area contributed by atoms with E-state index >= 15 is 0 Å². The molecule has 2 fully saturated rings. The summed E-state index contributed by atoms with van der Waals surface area (Å²) in [5, 5.41) is 8.06. The molecule has 1 saturated heterocycles. The molecule has 3 rings (SSSR count). The van der Waals surface area contributed by atoms with Gasteiger partial charge in [0.2, 0.25) is 0 Å². The Kier molecular flexibility index (Phi) is 4.14. The molecule has 0 aromatic carbocycles. The van der Waals surface area contributed by atoms with Crippen molar-refractivity contribution < 1.29 is 4.79 Å². The Balaban J connectivity index is 1.90. The van der Waals surface area contributed by atoms with Crippen LogP contribution in [0.2, 0.25) is 0 Å². The Morgan fingerprint density at radius 3 is 2.86 bits per heavy atom. The number of thioether (sulfide) groups is 1. The smallest absolute Gasteiger partial charge is 0.264 e. The summed E-state index contributed by atoms with van der Waals surface area (Å²) in [7, 11) is 3.62. The van der Waals surface area contributed by atoms with E-state index in [2.05, 4.69) is 15.4 Å². The topological polar surface area (TPSA) is 59.3 Å². The number of amides is 1. The molecule has 2 aliphatic rings. The molecule has 6 heteroatoms. The fraction of sp³-hybridized carbons (Fsp3) is 0.533. The van der Waals surface area contributed by atoms with Crippen molar-refractivity contribution in [1.82, 2.24) is 15.1 Å². The number of hydrogen-bond acceptors (Lipinski definition) is 4. The van der Waals surface area contributed by atoms with Crippen LogP contribution in [-0.2, 0) is 11.8 Å². The summed E-state index contributed by atoms with van der Waals surface area (Å²) < 4.78 is 1.85. The van der Waals surface area contributed by atoms with Crippen molar-refractivity contribution in [2.24, 2.45) is 12.0 Å². The van der Waals surface area contributed by atoms with E-state index in [-0.39, 0.29) is 5.91 Å². The number of amidine groups is 1. The average Bonchev–Trinajstić information content (AvgIpc) is 3.03. The fourth-order valence-corrected chi connectivity index (χ4v) is 3.77. The van der Waals surface area contributed by atoms with Gasteiger partial charge in [0.05, 0.1) is 10.6 Å². The van der Waals surface area contributed by atoms with Crippen molar-refractivity contribution in [2.45, 2.75) is 38.0 Å². The molecular formula is C15H20N4OS. The molecule has 1 aliphatic heterocycles. The summed E-state index contributed by atoms with van der Waals surface area (Å²) in [5.41, 5.74) is 2.21. The maximum atomic E-state index is 11.9. The Hall–Kier alpha value is -1.56. The second-order valence-corrected chi connectivity index (χ2v) is 6.60. The predicted molar refractivity (Wildman–Crippen MR) is 86.1 cm³/mol. The van der Waals surface area contributed by atoms with Gasteiger partial charge in [-0.2, -0.15) is 5.10 Å². The minimum absolute atomic E-state index is 0.0703. The first kappa shape index (κ1) is 14.4. The van der Waals surface area contributed by atoms with E-state index in [1.807, 2.05) is 24.0 Å². The van der Waals surface area contributed by atoms with Gasteiger partial charge < -0.3 is 5.32 Å². The lowest BCUT2D eigenvalue weighted by atomic mass is 9.85. The van der Waals surface area contributed by atoms with Crippen LogP contribution in [0.25, 0.3) is 6.08 Å². The van der Waals surface area contributed by atoms with Gasteiger partial charge in [0, 0.05) is 31.8 Å². The fourth-order valence-electron chi connectivity index (χ4n) is 3.00. The van der Waals surface area contributed by atoms with Gasteiger partial charge in [-0.25, -0.2) is 0 Å². The SMILES string of the molecule is CN=C1NC(=O)/C(=C\c2cn(C)nc2C2CCCCC2)S1. The predicted octanol–water partition coefficient (Wildman–Crippen LogP) is 2.66. The normalized spacial score (nSPS) is 24.0. The van der Waals surface area contributed by atoms with E-state index in [9.17, 15) is 4.79 Å². The van der Waals surface area contributed by atoms with E-state index in [1.54, 1.807) is 7.05 Å². The first-order valence-electron chi connectivity index (χ1n) is 7.38. The molecule has 1 aliphatic carbocycles. The van der Waals surface area contributed by atoms with Crippen molar-refractivity contribution in [3.8, 4) is 0 Å². The van der Waals surface area contributed by atoms with Crippen LogP contribution < -0.4 is 5.32 Å². The molecule has 2 heterocycles. The number of aliphatic imine (C=N–C) groups is 1. The Labute approximate surface area is 128 Å². The number of aryl methyl sites for hydroxylation is 1. The highest BCUT2D eigenvalue weighted by Gasteiger charge is 2.26. The standard InChI is InChI=1S/C15H20N4OS/c1-16-15-17-14(20)12(21-15)8-11-9-19(2)18-13(11)10-6-4-3-5-7-10/h8-10H,3-7H2,1-2H3,(H,16,17,20)/b12-8+. The molecule has 1 aromatic heterocycles. The zero-order chi connectivity index (χ0) is 14.8. The number of rotatable bonds is 2. The van der Waals surface area contributed by atoms with Crippen LogP contribution in [0, 0.1) is 0 Å². The van der Waals surface area contributed by atoms with Crippen molar-refractivity contribution in [3.05, 3.63) is 22.4 Å². The third-order valence-corrected chi connectivity index (χ3v) is 5.02. The Morgan fingerprint density at radius 1 is 1.43 bits per heavy atom. The molecule has 1 amide bonds. The minimum Gasteiger partial charge on any atom is -0.301 e. The van der Waals surface area contributed by atoms with Gasteiger partial charge in [-0.05, 0) is 30.7 Å². The van der Waals surface area contributed by atoms with E-state index in [0.29, 0.717) is 16.0 Å². The van der Waals surface area contributed by atoms with Gasteiger partial charge in [-0.3, -0.25) is 14.5 Å². The first-order valence-corrected chi connectivity index (χ1v) is 8.20. The molecule has 112 valence electrons. The summed E-state index contributed by atoms with van der Waals surface area (Å²) in [4.78, 5) is 16.7. The zero-order valence-corrected chi connectivity index (χ0v) is 13.2. The molecule has 1 saturated carbocycles. The first-order chi connectivity index (χ1) is 10.2. The van der Waals surface area contributed by atoms with E-state index < -0.39 is 0 Å². The van der Waals surface area contributed by atoms with Crippen molar-refractivity contribution in [3.63, 3.8) is 0 Å². The number of nitrogens with zero attached hydrogens (tertiary/aromatic N) is 3.